The summed E-state index contributed by atoms with van der Waals surface area (Å²) < 4.78 is 0. The van der Waals surface area contributed by atoms with Gasteiger partial charge >= 0.3 is 6.09 Å². The number of pyridine rings is 1. The van der Waals surface area contributed by atoms with Crippen LogP contribution in [0.1, 0.15) is 18.2 Å². The number of halogens is 1. The Balaban J connectivity index is 2.87. The van der Waals surface area contributed by atoms with Crippen LogP contribution >= 0.6 is 11.6 Å². The van der Waals surface area contributed by atoms with E-state index in [9.17, 15) is 9.59 Å². The average molecular weight is 229 g/mol. The van der Waals surface area contributed by atoms with Gasteiger partial charge in [0.05, 0.1) is 11.7 Å². The molecule has 0 aliphatic heterocycles. The van der Waals surface area contributed by atoms with Gasteiger partial charge in [0.25, 0.3) is 0 Å². The second-order valence-electron chi connectivity index (χ2n) is 2.80. The molecule has 0 radical (unpaired) electrons. The first kappa shape index (κ1) is 11.5. The van der Waals surface area contributed by atoms with E-state index in [4.69, 9.17) is 16.7 Å². The zero-order valence-corrected chi connectivity index (χ0v) is 8.44. The third-order valence-corrected chi connectivity index (χ3v) is 1.96. The monoisotopic (exact) mass is 228 g/mol. The van der Waals surface area contributed by atoms with Gasteiger partial charge in [-0.15, -0.1) is 0 Å². The minimum absolute atomic E-state index is 0.0274. The maximum Gasteiger partial charge on any atom is 0.405 e. The number of rotatable bonds is 4. The van der Waals surface area contributed by atoms with Gasteiger partial charge in [0, 0.05) is 17.6 Å². The molecule has 1 aromatic rings. The Morgan fingerprint density at radius 1 is 1.73 bits per heavy atom. The summed E-state index contributed by atoms with van der Waals surface area (Å²) >= 11 is 5.72. The molecule has 15 heavy (non-hydrogen) atoms. The zero-order valence-electron chi connectivity index (χ0n) is 7.68. The summed E-state index contributed by atoms with van der Waals surface area (Å²) in [5, 5.41) is 11.2. The molecule has 2 N–H and O–H groups in total. The Kier molecular flexibility index (Phi) is 4.05. The van der Waals surface area contributed by atoms with E-state index in [1.807, 2.05) is 0 Å². The van der Waals surface area contributed by atoms with Gasteiger partial charge in [0.15, 0.2) is 0 Å². The average Bonchev–Trinajstić information content (AvgIpc) is 2.16. The van der Waals surface area contributed by atoms with Crippen LogP contribution in [0.4, 0.5) is 4.79 Å². The second kappa shape index (κ2) is 5.31. The van der Waals surface area contributed by atoms with E-state index < -0.39 is 12.1 Å². The fourth-order valence-corrected chi connectivity index (χ4v) is 1.28. The van der Waals surface area contributed by atoms with Crippen LogP contribution in [-0.4, -0.2) is 22.5 Å². The Bertz CT molecular complexity index is 370. The molecule has 1 unspecified atom stereocenters. The molecule has 0 aliphatic carbocycles. The maximum atomic E-state index is 10.5. The molecule has 1 heterocycles. The molecular formula is C9H9ClN2O3. The van der Waals surface area contributed by atoms with Gasteiger partial charge < -0.3 is 15.2 Å². The summed E-state index contributed by atoms with van der Waals surface area (Å²) in [7, 11) is 0. The van der Waals surface area contributed by atoms with E-state index in [2.05, 4.69) is 10.3 Å². The number of nitrogens with zero attached hydrogens (tertiary/aromatic N) is 1. The lowest BCUT2D eigenvalue weighted by Gasteiger charge is -2.13. The summed E-state index contributed by atoms with van der Waals surface area (Å²) in [6, 6.07) is 2.44. The summed E-state index contributed by atoms with van der Waals surface area (Å²) in [5.41, 5.74) is 0.428. The first-order valence-corrected chi connectivity index (χ1v) is 4.56. The van der Waals surface area contributed by atoms with Crippen LogP contribution in [0.25, 0.3) is 0 Å². The van der Waals surface area contributed by atoms with Gasteiger partial charge in [-0.2, -0.15) is 0 Å². The number of nitrogens with one attached hydrogen (secondary N) is 1. The lowest BCUT2D eigenvalue weighted by Crippen LogP contribution is -2.27. The Labute approximate surface area is 91.1 Å². The molecule has 0 aromatic carbocycles. The van der Waals surface area contributed by atoms with Gasteiger partial charge in [-0.25, -0.2) is 4.79 Å². The van der Waals surface area contributed by atoms with E-state index >= 15 is 0 Å². The van der Waals surface area contributed by atoms with Crippen LogP contribution in [0.15, 0.2) is 18.3 Å². The second-order valence-corrected chi connectivity index (χ2v) is 3.24. The Morgan fingerprint density at radius 2 is 2.47 bits per heavy atom. The van der Waals surface area contributed by atoms with Crippen molar-refractivity contribution in [3.63, 3.8) is 0 Å². The fraction of sp³-hybridized carbons (Fsp3) is 0.222. The molecular weight excluding hydrogens is 220 g/mol. The van der Waals surface area contributed by atoms with Crippen LogP contribution in [0.5, 0.6) is 0 Å². The molecule has 80 valence electrons. The fourth-order valence-electron chi connectivity index (χ4n) is 1.11. The molecule has 0 fully saturated rings. The van der Waals surface area contributed by atoms with Crippen molar-refractivity contribution in [2.45, 2.75) is 12.5 Å². The smallest absolute Gasteiger partial charge is 0.405 e. The molecule has 5 nitrogen and oxygen atoms in total. The maximum absolute atomic E-state index is 10.5. The van der Waals surface area contributed by atoms with Crippen molar-refractivity contribution in [1.82, 2.24) is 10.3 Å². The molecule has 0 bridgehead atoms. The molecule has 0 spiro atoms. The summed E-state index contributed by atoms with van der Waals surface area (Å²) in [6.07, 6.45) is 0.908. The molecule has 1 rings (SSSR count). The third-order valence-electron chi connectivity index (χ3n) is 1.73. The highest BCUT2D eigenvalue weighted by molar-refractivity contribution is 6.30. The van der Waals surface area contributed by atoms with Crippen molar-refractivity contribution in [1.29, 1.82) is 0 Å². The molecule has 0 saturated heterocycles. The van der Waals surface area contributed by atoms with E-state index in [0.29, 0.717) is 17.0 Å². The van der Waals surface area contributed by atoms with Crippen LogP contribution in [0.3, 0.4) is 0 Å². The molecule has 0 aliphatic rings. The molecule has 1 aromatic heterocycles. The predicted molar refractivity (Wildman–Crippen MR) is 53.8 cm³/mol. The molecule has 0 saturated carbocycles. The number of carboxylic acid groups (broad SMARTS) is 1. The van der Waals surface area contributed by atoms with Gasteiger partial charge in [0.2, 0.25) is 0 Å². The first-order chi connectivity index (χ1) is 7.13. The standard InChI is InChI=1S/C9H9ClN2O3/c10-6-1-3-11-8(5-6)7(2-4-13)12-9(14)15/h1,3-5,7,12H,2H2,(H,14,15). The SMILES string of the molecule is O=CCC(NC(=O)O)c1cc(Cl)ccn1. The summed E-state index contributed by atoms with van der Waals surface area (Å²) in [4.78, 5) is 24.8. The number of amides is 1. The number of carbonyl (C=O) groups excluding carboxylic acids is 1. The third kappa shape index (κ3) is 3.55. The largest absolute Gasteiger partial charge is 0.465 e. The van der Waals surface area contributed by atoms with Gasteiger partial charge in [-0.1, -0.05) is 11.6 Å². The molecule has 1 atom stereocenters. The van der Waals surface area contributed by atoms with Crippen molar-refractivity contribution in [2.24, 2.45) is 0 Å². The van der Waals surface area contributed by atoms with Gasteiger partial charge in [-0.3, -0.25) is 4.98 Å². The summed E-state index contributed by atoms with van der Waals surface area (Å²) in [5.74, 6) is 0. The number of hydrogen-bond donors (Lipinski definition) is 2. The van der Waals surface area contributed by atoms with Crippen molar-refractivity contribution in [2.75, 3.05) is 0 Å². The first-order valence-electron chi connectivity index (χ1n) is 4.18. The topological polar surface area (TPSA) is 79.3 Å². The van der Waals surface area contributed by atoms with Gasteiger partial charge in [-0.05, 0) is 12.1 Å². The lowest BCUT2D eigenvalue weighted by molar-refractivity contribution is -0.108. The van der Waals surface area contributed by atoms with Crippen molar-refractivity contribution in [3.8, 4) is 0 Å². The quantitative estimate of drug-likeness (QED) is 0.768. The van der Waals surface area contributed by atoms with Crippen molar-refractivity contribution in [3.05, 3.63) is 29.0 Å². The number of aromatic nitrogens is 1. The minimum Gasteiger partial charge on any atom is -0.465 e. The van der Waals surface area contributed by atoms with Crippen molar-refractivity contribution >= 4 is 24.0 Å². The van der Waals surface area contributed by atoms with Gasteiger partial charge in [0.1, 0.15) is 6.29 Å². The molecule has 6 heteroatoms. The number of aldehydes is 1. The van der Waals surface area contributed by atoms with Crippen LogP contribution < -0.4 is 5.32 Å². The van der Waals surface area contributed by atoms with E-state index in [1.165, 1.54) is 12.3 Å². The highest BCUT2D eigenvalue weighted by atomic mass is 35.5. The highest BCUT2D eigenvalue weighted by Gasteiger charge is 2.14. The number of hydrogen-bond acceptors (Lipinski definition) is 3. The Morgan fingerprint density at radius 3 is 3.00 bits per heavy atom. The Hall–Kier alpha value is -1.62. The lowest BCUT2D eigenvalue weighted by atomic mass is 10.1. The normalized spacial score (nSPS) is 11.8. The predicted octanol–water partition coefficient (Wildman–Crippen LogP) is 1.63. The summed E-state index contributed by atoms with van der Waals surface area (Å²) in [6.45, 7) is 0. The van der Waals surface area contributed by atoms with E-state index in [1.54, 1.807) is 6.07 Å². The minimum atomic E-state index is -1.20. The van der Waals surface area contributed by atoms with Crippen LogP contribution in [0, 0.1) is 0 Å². The van der Waals surface area contributed by atoms with E-state index in [-0.39, 0.29) is 6.42 Å². The number of carbonyl (C=O) groups is 2. The zero-order chi connectivity index (χ0) is 11.3. The van der Waals surface area contributed by atoms with E-state index in [0.717, 1.165) is 0 Å². The van der Waals surface area contributed by atoms with Crippen LogP contribution in [-0.2, 0) is 4.79 Å². The van der Waals surface area contributed by atoms with Crippen molar-refractivity contribution < 1.29 is 14.7 Å². The van der Waals surface area contributed by atoms with Crippen LogP contribution in [0.2, 0.25) is 5.02 Å². The highest BCUT2D eigenvalue weighted by Crippen LogP contribution is 2.17. The molecule has 1 amide bonds.